The fraction of sp³-hybridized carbons (Fsp3) is 0.538. The summed E-state index contributed by atoms with van der Waals surface area (Å²) in [5, 5.41) is 3.09. The number of hydrogen-bond acceptors (Lipinski definition) is 5. The Morgan fingerprint density at radius 2 is 2.05 bits per heavy atom. The summed E-state index contributed by atoms with van der Waals surface area (Å²) in [6, 6.07) is 4.61. The maximum Gasteiger partial charge on any atom is 0.165 e. The summed E-state index contributed by atoms with van der Waals surface area (Å²) in [7, 11) is -1.52. The van der Waals surface area contributed by atoms with E-state index in [1.807, 2.05) is 0 Å². The van der Waals surface area contributed by atoms with Crippen molar-refractivity contribution in [2.45, 2.75) is 6.54 Å². The van der Waals surface area contributed by atoms with E-state index in [4.69, 9.17) is 9.47 Å². The van der Waals surface area contributed by atoms with Gasteiger partial charge in [0.05, 0.1) is 12.4 Å². The van der Waals surface area contributed by atoms with Crippen LogP contribution in [0.5, 0.6) is 5.75 Å². The van der Waals surface area contributed by atoms with E-state index in [0.29, 0.717) is 25.3 Å². The van der Waals surface area contributed by atoms with Crippen molar-refractivity contribution in [1.82, 2.24) is 5.32 Å². The molecular formula is C13H20FNO4S. The first-order valence-electron chi connectivity index (χ1n) is 6.21. The maximum absolute atomic E-state index is 13.7. The molecule has 0 atom stereocenters. The van der Waals surface area contributed by atoms with Gasteiger partial charge in [0, 0.05) is 32.0 Å². The monoisotopic (exact) mass is 305 g/mol. The molecule has 0 fully saturated rings. The number of nitrogens with one attached hydrogen (secondary N) is 1. The van der Waals surface area contributed by atoms with Crippen LogP contribution >= 0.6 is 0 Å². The smallest absolute Gasteiger partial charge is 0.165 e. The first-order chi connectivity index (χ1) is 9.44. The van der Waals surface area contributed by atoms with E-state index >= 15 is 0 Å². The van der Waals surface area contributed by atoms with Gasteiger partial charge in [0.1, 0.15) is 6.61 Å². The van der Waals surface area contributed by atoms with Crippen molar-refractivity contribution in [3.63, 3.8) is 0 Å². The van der Waals surface area contributed by atoms with Gasteiger partial charge in [-0.1, -0.05) is 12.1 Å². The minimum atomic E-state index is -3.12. The van der Waals surface area contributed by atoms with Crippen LogP contribution in [0.3, 0.4) is 0 Å². The molecule has 0 aliphatic carbocycles. The molecule has 0 saturated carbocycles. The zero-order valence-electron chi connectivity index (χ0n) is 11.7. The molecule has 0 aliphatic heterocycles. The quantitative estimate of drug-likeness (QED) is 0.689. The van der Waals surface area contributed by atoms with Crippen LogP contribution in [-0.2, 0) is 21.1 Å². The molecular weight excluding hydrogens is 285 g/mol. The molecule has 1 aromatic rings. The van der Waals surface area contributed by atoms with Gasteiger partial charge in [-0.2, -0.15) is 0 Å². The second kappa shape index (κ2) is 8.18. The molecule has 1 aromatic carbocycles. The average molecular weight is 305 g/mol. The van der Waals surface area contributed by atoms with E-state index in [1.54, 1.807) is 19.2 Å². The molecule has 0 heterocycles. The number of ether oxygens (including phenoxy) is 2. The van der Waals surface area contributed by atoms with Crippen molar-refractivity contribution in [1.29, 1.82) is 0 Å². The molecule has 0 radical (unpaired) electrons. The van der Waals surface area contributed by atoms with Crippen molar-refractivity contribution in [3.05, 3.63) is 29.6 Å². The molecule has 0 aromatic heterocycles. The molecule has 0 unspecified atom stereocenters. The largest absolute Gasteiger partial charge is 0.489 e. The summed E-state index contributed by atoms with van der Waals surface area (Å²) in [5.74, 6) is -0.539. The summed E-state index contributed by atoms with van der Waals surface area (Å²) in [6.07, 6.45) is 1.12. The summed E-state index contributed by atoms with van der Waals surface area (Å²) >= 11 is 0. The molecule has 20 heavy (non-hydrogen) atoms. The first kappa shape index (κ1) is 16.9. The van der Waals surface area contributed by atoms with Gasteiger partial charge < -0.3 is 14.8 Å². The molecule has 0 aliphatic rings. The third-order valence-corrected chi connectivity index (χ3v) is 3.46. The van der Waals surface area contributed by atoms with Gasteiger partial charge in [0.25, 0.3) is 0 Å². The van der Waals surface area contributed by atoms with Gasteiger partial charge in [0.2, 0.25) is 0 Å². The highest BCUT2D eigenvalue weighted by Crippen LogP contribution is 2.22. The van der Waals surface area contributed by atoms with E-state index in [-0.39, 0.29) is 18.1 Å². The number of hydrogen-bond donors (Lipinski definition) is 1. The summed E-state index contributed by atoms with van der Waals surface area (Å²) in [4.78, 5) is 0. The van der Waals surface area contributed by atoms with E-state index < -0.39 is 15.7 Å². The van der Waals surface area contributed by atoms with Crippen LogP contribution in [0, 0.1) is 5.82 Å². The fourth-order valence-electron chi connectivity index (χ4n) is 1.55. The van der Waals surface area contributed by atoms with Crippen molar-refractivity contribution >= 4 is 9.84 Å². The van der Waals surface area contributed by atoms with E-state index in [9.17, 15) is 12.8 Å². The zero-order chi connectivity index (χ0) is 15.0. The Hall–Kier alpha value is -1.18. The normalized spacial score (nSPS) is 11.6. The molecule has 7 heteroatoms. The Labute approximate surface area is 119 Å². The van der Waals surface area contributed by atoms with Gasteiger partial charge >= 0.3 is 0 Å². The lowest BCUT2D eigenvalue weighted by Crippen LogP contribution is -2.20. The molecule has 114 valence electrons. The standard InChI is InChI=1S/C13H20FNO4S/c1-18-7-6-15-10-11-4-3-5-12(14)13(11)19-8-9-20(2,16)17/h3-5,15H,6-10H2,1-2H3. The topological polar surface area (TPSA) is 64.6 Å². The predicted molar refractivity (Wildman–Crippen MR) is 75.2 cm³/mol. The van der Waals surface area contributed by atoms with Crippen LogP contribution in [0.4, 0.5) is 4.39 Å². The summed E-state index contributed by atoms with van der Waals surface area (Å²) < 4.78 is 46.0. The highest BCUT2D eigenvalue weighted by Gasteiger charge is 2.11. The van der Waals surface area contributed by atoms with E-state index in [0.717, 1.165) is 6.26 Å². The molecule has 5 nitrogen and oxygen atoms in total. The molecule has 1 rings (SSSR count). The van der Waals surface area contributed by atoms with Crippen LogP contribution < -0.4 is 10.1 Å². The Morgan fingerprint density at radius 3 is 2.70 bits per heavy atom. The Balaban J connectivity index is 2.63. The SMILES string of the molecule is COCCNCc1cccc(F)c1OCCS(C)(=O)=O. The van der Waals surface area contributed by atoms with Crippen LogP contribution in [-0.4, -0.2) is 47.3 Å². The van der Waals surface area contributed by atoms with Gasteiger partial charge in [-0.05, 0) is 6.07 Å². The van der Waals surface area contributed by atoms with Crippen molar-refractivity contribution < 1.29 is 22.3 Å². The lowest BCUT2D eigenvalue weighted by Gasteiger charge is -2.12. The molecule has 0 spiro atoms. The minimum Gasteiger partial charge on any atom is -0.489 e. The highest BCUT2D eigenvalue weighted by atomic mass is 32.2. The first-order valence-corrected chi connectivity index (χ1v) is 8.27. The molecule has 0 amide bonds. The lowest BCUT2D eigenvalue weighted by molar-refractivity contribution is 0.199. The fourth-order valence-corrected chi connectivity index (χ4v) is 1.93. The van der Waals surface area contributed by atoms with Crippen molar-refractivity contribution in [2.75, 3.05) is 38.9 Å². The summed E-state index contributed by atoms with van der Waals surface area (Å²) in [6.45, 7) is 1.55. The third kappa shape index (κ3) is 6.31. The number of methoxy groups -OCH3 is 1. The minimum absolute atomic E-state index is 0.0646. The Morgan fingerprint density at radius 1 is 1.30 bits per heavy atom. The number of benzene rings is 1. The van der Waals surface area contributed by atoms with Gasteiger partial charge in [-0.3, -0.25) is 0 Å². The third-order valence-electron chi connectivity index (χ3n) is 2.55. The average Bonchev–Trinajstić information content (AvgIpc) is 2.36. The second-order valence-corrected chi connectivity index (χ2v) is 6.64. The van der Waals surface area contributed by atoms with Crippen LogP contribution in [0.25, 0.3) is 0 Å². The Bertz CT molecular complexity index is 519. The van der Waals surface area contributed by atoms with E-state index in [2.05, 4.69) is 5.32 Å². The van der Waals surface area contributed by atoms with Gasteiger partial charge in [-0.25, -0.2) is 12.8 Å². The van der Waals surface area contributed by atoms with Gasteiger partial charge in [0.15, 0.2) is 21.4 Å². The molecule has 0 bridgehead atoms. The zero-order valence-corrected chi connectivity index (χ0v) is 12.5. The number of halogens is 1. The van der Waals surface area contributed by atoms with Gasteiger partial charge in [-0.15, -0.1) is 0 Å². The van der Waals surface area contributed by atoms with Crippen LogP contribution in [0.15, 0.2) is 18.2 Å². The summed E-state index contributed by atoms with van der Waals surface area (Å²) in [5.41, 5.74) is 0.648. The van der Waals surface area contributed by atoms with Crippen LogP contribution in [0.2, 0.25) is 0 Å². The Kier molecular flexibility index (Phi) is 6.90. The number of rotatable bonds is 9. The van der Waals surface area contributed by atoms with Crippen LogP contribution in [0.1, 0.15) is 5.56 Å². The molecule has 1 N–H and O–H groups in total. The predicted octanol–water partition coefficient (Wildman–Crippen LogP) is 0.985. The van der Waals surface area contributed by atoms with Crippen molar-refractivity contribution in [3.8, 4) is 5.75 Å². The number of sulfone groups is 1. The highest BCUT2D eigenvalue weighted by molar-refractivity contribution is 7.90. The maximum atomic E-state index is 13.7. The lowest BCUT2D eigenvalue weighted by atomic mass is 10.2. The van der Waals surface area contributed by atoms with E-state index in [1.165, 1.54) is 6.07 Å². The second-order valence-electron chi connectivity index (χ2n) is 4.38. The number of para-hydroxylation sites is 1. The van der Waals surface area contributed by atoms with Crippen molar-refractivity contribution in [2.24, 2.45) is 0 Å². The molecule has 0 saturated heterocycles.